The van der Waals surface area contributed by atoms with Crippen LogP contribution in [0.15, 0.2) is 22.4 Å². The van der Waals surface area contributed by atoms with E-state index in [0.29, 0.717) is 0 Å². The van der Waals surface area contributed by atoms with E-state index in [1.165, 1.54) is 0 Å². The van der Waals surface area contributed by atoms with Crippen LogP contribution in [0, 0.1) is 0 Å². The van der Waals surface area contributed by atoms with Crippen molar-refractivity contribution >= 4 is 10.3 Å². The first-order chi connectivity index (χ1) is 3.56. The van der Waals surface area contributed by atoms with Gasteiger partial charge in [-0.05, 0) is 4.52 Å². The lowest BCUT2D eigenvalue weighted by Crippen LogP contribution is -1.87. The van der Waals surface area contributed by atoms with Crippen molar-refractivity contribution in [1.82, 2.24) is 0 Å². The topological polar surface area (TPSA) is 79.1 Å². The van der Waals surface area contributed by atoms with E-state index in [0.717, 1.165) is 6.20 Å². The van der Waals surface area contributed by atoms with Crippen molar-refractivity contribution in [3.63, 3.8) is 0 Å². The zero-order chi connectivity index (χ0) is 6.62. The van der Waals surface area contributed by atoms with E-state index < -0.39 is 10.3 Å². The van der Waals surface area contributed by atoms with Crippen LogP contribution in [-0.4, -0.2) is 13.0 Å². The van der Waals surface area contributed by atoms with Crippen molar-refractivity contribution in [2.75, 3.05) is 0 Å². The summed E-state index contributed by atoms with van der Waals surface area (Å²) >= 11 is 0. The zero-order valence-electron chi connectivity index (χ0n) is 3.85. The lowest BCUT2D eigenvalue weighted by molar-refractivity contribution is 0.482. The summed E-state index contributed by atoms with van der Waals surface area (Å²) in [5.41, 5.74) is 0. The van der Waals surface area contributed by atoms with Crippen LogP contribution in [0.4, 0.5) is 0 Å². The van der Waals surface area contributed by atoms with Gasteiger partial charge < -0.3 is 0 Å². The van der Waals surface area contributed by atoms with Gasteiger partial charge in [-0.1, -0.05) is 6.58 Å². The van der Waals surface area contributed by atoms with Gasteiger partial charge in [-0.2, -0.15) is 8.42 Å². The van der Waals surface area contributed by atoms with Gasteiger partial charge >= 0.3 is 10.3 Å². The Morgan fingerprint density at radius 1 is 1.62 bits per heavy atom. The molecule has 0 rings (SSSR count). The minimum Gasteiger partial charge on any atom is -0.267 e. The largest absolute Gasteiger partial charge is 0.396 e. The molecular formula is C2H4N2O3S. The Balaban J connectivity index is 4.12. The molecule has 0 aliphatic carbocycles. The monoisotopic (exact) mass is 136 g/mol. The molecule has 0 heterocycles. The Labute approximate surface area is 46.6 Å². The summed E-state index contributed by atoms with van der Waals surface area (Å²) in [6.45, 7) is 3.03. The van der Waals surface area contributed by atoms with E-state index in [1.54, 1.807) is 0 Å². The Hall–Kier alpha value is -0.750. The zero-order valence-corrected chi connectivity index (χ0v) is 4.67. The molecule has 6 heteroatoms. The number of hydrogen-bond donors (Lipinski definition) is 1. The molecule has 8 heavy (non-hydrogen) atoms. The second kappa shape index (κ2) is 2.53. The van der Waals surface area contributed by atoms with Crippen molar-refractivity contribution in [2.24, 2.45) is 9.63 Å². The van der Waals surface area contributed by atoms with Crippen LogP contribution in [0.3, 0.4) is 0 Å². The minimum absolute atomic E-state index is 0.897. The summed E-state index contributed by atoms with van der Waals surface area (Å²) in [6, 6.07) is 0. The maximum Gasteiger partial charge on any atom is 0.396 e. The highest BCUT2D eigenvalue weighted by Crippen LogP contribution is 1.84. The molecule has 0 aromatic heterocycles. The SMILES string of the molecule is C=CN=NS(=O)(=O)O. The maximum absolute atomic E-state index is 9.64. The van der Waals surface area contributed by atoms with Gasteiger partial charge in [-0.25, -0.2) is 0 Å². The Bertz CT molecular complexity index is 191. The van der Waals surface area contributed by atoms with E-state index in [-0.39, 0.29) is 0 Å². The quantitative estimate of drug-likeness (QED) is 0.440. The van der Waals surface area contributed by atoms with Gasteiger partial charge in [0.05, 0.1) is 0 Å². The minimum atomic E-state index is -4.30. The number of nitrogens with zero attached hydrogens (tertiary/aromatic N) is 2. The Morgan fingerprint density at radius 3 is 2.25 bits per heavy atom. The van der Waals surface area contributed by atoms with Crippen LogP contribution >= 0.6 is 0 Å². The summed E-state index contributed by atoms with van der Waals surface area (Å²) in [4.78, 5) is 0. The molecule has 0 aliphatic rings. The van der Waals surface area contributed by atoms with Gasteiger partial charge in [0, 0.05) is 6.20 Å². The summed E-state index contributed by atoms with van der Waals surface area (Å²) in [6.07, 6.45) is 0.897. The van der Waals surface area contributed by atoms with Crippen LogP contribution in [-0.2, 0) is 10.3 Å². The van der Waals surface area contributed by atoms with Crippen LogP contribution in [0.1, 0.15) is 0 Å². The second-order valence-electron chi connectivity index (χ2n) is 0.828. The standard InChI is InChI=1S/C2H4N2O3S/c1-2-3-4-8(5,6)7/h2H,1H2,(H,5,6,7). The summed E-state index contributed by atoms with van der Waals surface area (Å²) in [5, 5.41) is 2.79. The molecule has 1 N–H and O–H groups in total. The number of rotatable bonds is 2. The lowest BCUT2D eigenvalue weighted by Gasteiger charge is -1.75. The maximum atomic E-state index is 9.64. The van der Waals surface area contributed by atoms with Crippen molar-refractivity contribution in [3.8, 4) is 0 Å². The average molecular weight is 136 g/mol. The normalized spacial score (nSPS) is 12.1. The van der Waals surface area contributed by atoms with Gasteiger partial charge in [0.2, 0.25) is 0 Å². The third-order valence-electron chi connectivity index (χ3n) is 0.232. The van der Waals surface area contributed by atoms with Crippen LogP contribution in [0.2, 0.25) is 0 Å². The smallest absolute Gasteiger partial charge is 0.267 e. The van der Waals surface area contributed by atoms with Crippen LogP contribution < -0.4 is 0 Å². The van der Waals surface area contributed by atoms with Gasteiger partial charge in [0.15, 0.2) is 0 Å². The highest BCUT2D eigenvalue weighted by Gasteiger charge is 1.94. The van der Waals surface area contributed by atoms with Crippen molar-refractivity contribution in [2.45, 2.75) is 0 Å². The van der Waals surface area contributed by atoms with E-state index in [1.807, 2.05) is 0 Å². The van der Waals surface area contributed by atoms with Crippen LogP contribution in [0.5, 0.6) is 0 Å². The van der Waals surface area contributed by atoms with E-state index in [9.17, 15) is 8.42 Å². The molecule has 0 bridgehead atoms. The lowest BCUT2D eigenvalue weighted by atomic mass is 11.1. The van der Waals surface area contributed by atoms with Crippen LogP contribution in [0.25, 0.3) is 0 Å². The van der Waals surface area contributed by atoms with E-state index in [2.05, 4.69) is 16.2 Å². The van der Waals surface area contributed by atoms with Gasteiger partial charge in [0.25, 0.3) is 0 Å². The van der Waals surface area contributed by atoms with E-state index >= 15 is 0 Å². The Kier molecular flexibility index (Phi) is 2.29. The molecule has 0 radical (unpaired) electrons. The fraction of sp³-hybridized carbons (Fsp3) is 0. The first-order valence-electron chi connectivity index (χ1n) is 1.56. The molecule has 0 unspecified atom stereocenters. The average Bonchev–Trinajstić information content (AvgIpc) is 1.59. The molecule has 0 atom stereocenters. The first-order valence-corrected chi connectivity index (χ1v) is 2.96. The molecule has 5 nitrogen and oxygen atoms in total. The van der Waals surface area contributed by atoms with Gasteiger partial charge in [0.1, 0.15) is 0 Å². The second-order valence-corrected chi connectivity index (χ2v) is 1.89. The van der Waals surface area contributed by atoms with Crippen molar-refractivity contribution in [3.05, 3.63) is 12.8 Å². The Morgan fingerprint density at radius 2 is 2.12 bits per heavy atom. The fourth-order valence-corrected chi connectivity index (χ4v) is 0.279. The van der Waals surface area contributed by atoms with Gasteiger partial charge in [-0.3, -0.25) is 4.55 Å². The third-order valence-corrected chi connectivity index (χ3v) is 0.533. The molecule has 0 spiro atoms. The highest BCUT2D eigenvalue weighted by molar-refractivity contribution is 7.84. The predicted octanol–water partition coefficient (Wildman–Crippen LogP) is 0.385. The molecule has 0 aromatic rings. The summed E-state index contributed by atoms with van der Waals surface area (Å²) in [7, 11) is -4.30. The number of hydrogen-bond acceptors (Lipinski definition) is 3. The summed E-state index contributed by atoms with van der Waals surface area (Å²) in [5.74, 6) is 0. The summed E-state index contributed by atoms with van der Waals surface area (Å²) < 4.78 is 29.5. The molecular weight excluding hydrogens is 132 g/mol. The fourth-order valence-electron chi connectivity index (χ4n) is 0.0929. The molecule has 0 aliphatic heterocycles. The predicted molar refractivity (Wildman–Crippen MR) is 26.6 cm³/mol. The molecule has 0 fully saturated rings. The van der Waals surface area contributed by atoms with E-state index in [4.69, 9.17) is 4.55 Å². The van der Waals surface area contributed by atoms with Gasteiger partial charge in [-0.15, -0.1) is 5.11 Å². The highest BCUT2D eigenvalue weighted by atomic mass is 32.2. The first kappa shape index (κ1) is 7.25. The van der Waals surface area contributed by atoms with Crippen molar-refractivity contribution in [1.29, 1.82) is 0 Å². The molecule has 0 saturated carbocycles. The molecule has 0 saturated heterocycles. The van der Waals surface area contributed by atoms with Crippen molar-refractivity contribution < 1.29 is 13.0 Å². The molecule has 46 valence electrons. The third kappa shape index (κ3) is 5.25. The molecule has 0 amide bonds. The molecule has 0 aromatic carbocycles.